The van der Waals surface area contributed by atoms with Crippen molar-refractivity contribution in [2.75, 3.05) is 7.11 Å². The van der Waals surface area contributed by atoms with E-state index in [1.54, 1.807) is 33.9 Å². The van der Waals surface area contributed by atoms with E-state index in [1.165, 1.54) is 6.21 Å². The second-order valence-corrected chi connectivity index (χ2v) is 5.62. The van der Waals surface area contributed by atoms with Crippen LogP contribution in [0.3, 0.4) is 0 Å². The third-order valence-electron chi connectivity index (χ3n) is 1.94. The second-order valence-electron chi connectivity index (χ2n) is 4.77. The smallest absolute Gasteiger partial charge is 0.428 e. The Morgan fingerprint density at radius 2 is 2.11 bits per heavy atom. The predicted molar refractivity (Wildman–Crippen MR) is 77.7 cm³/mol. The summed E-state index contributed by atoms with van der Waals surface area (Å²) in [6.07, 6.45) is 0.935. The summed E-state index contributed by atoms with van der Waals surface area (Å²) in [5.41, 5.74) is 2.58. The summed E-state index contributed by atoms with van der Waals surface area (Å²) in [5.74, 6) is 0.734. The van der Waals surface area contributed by atoms with Gasteiger partial charge in [0.1, 0.15) is 11.4 Å². The highest BCUT2D eigenvalue weighted by Gasteiger charge is 2.15. The van der Waals surface area contributed by atoms with Crippen molar-refractivity contribution in [1.82, 2.24) is 5.43 Å². The maximum atomic E-state index is 11.3. The normalized spacial score (nSPS) is 11.4. The van der Waals surface area contributed by atoms with Gasteiger partial charge in [0.2, 0.25) is 0 Å². The SMILES string of the molecule is COc1ccc(/C=N\NC(=O)OC(C)(C)C)cc1Br. The Morgan fingerprint density at radius 1 is 1.42 bits per heavy atom. The molecular weight excluding hydrogens is 312 g/mol. The highest BCUT2D eigenvalue weighted by Crippen LogP contribution is 2.24. The lowest BCUT2D eigenvalue weighted by Gasteiger charge is -2.18. The van der Waals surface area contributed by atoms with Gasteiger partial charge in [-0.1, -0.05) is 0 Å². The Kier molecular flexibility index (Phi) is 5.35. The maximum absolute atomic E-state index is 11.3. The Bertz CT molecular complexity index is 481. The molecule has 1 rings (SSSR count). The van der Waals surface area contributed by atoms with Crippen LogP contribution in [0.2, 0.25) is 0 Å². The molecule has 0 aliphatic carbocycles. The molecule has 0 saturated carbocycles. The summed E-state index contributed by atoms with van der Waals surface area (Å²) in [6, 6.07) is 5.46. The minimum absolute atomic E-state index is 0.539. The molecule has 104 valence electrons. The predicted octanol–water partition coefficient (Wildman–Crippen LogP) is 3.32. The standard InChI is InChI=1S/C13H17BrN2O3/c1-13(2,3)19-12(17)16-15-8-9-5-6-11(18-4)10(14)7-9/h5-8H,1-4H3,(H,16,17)/b15-8-. The fourth-order valence-corrected chi connectivity index (χ4v) is 1.78. The van der Waals surface area contributed by atoms with Crippen LogP contribution in [0.5, 0.6) is 5.75 Å². The Labute approximate surface area is 121 Å². The third-order valence-corrected chi connectivity index (χ3v) is 2.56. The molecule has 0 radical (unpaired) electrons. The number of nitrogens with zero attached hydrogens (tertiary/aromatic N) is 1. The number of halogens is 1. The molecule has 6 heteroatoms. The van der Waals surface area contributed by atoms with Gasteiger partial charge in [-0.15, -0.1) is 0 Å². The summed E-state index contributed by atoms with van der Waals surface area (Å²) in [7, 11) is 1.60. The number of benzene rings is 1. The zero-order valence-corrected chi connectivity index (χ0v) is 12.9. The van der Waals surface area contributed by atoms with E-state index in [9.17, 15) is 4.79 Å². The zero-order valence-electron chi connectivity index (χ0n) is 11.4. The van der Waals surface area contributed by atoms with Crippen molar-refractivity contribution in [3.8, 4) is 5.75 Å². The van der Waals surface area contributed by atoms with E-state index < -0.39 is 11.7 Å². The first-order valence-electron chi connectivity index (χ1n) is 5.67. The van der Waals surface area contributed by atoms with Crippen LogP contribution in [0.4, 0.5) is 4.79 Å². The van der Waals surface area contributed by atoms with Gasteiger partial charge < -0.3 is 9.47 Å². The molecule has 0 fully saturated rings. The number of rotatable bonds is 3. The van der Waals surface area contributed by atoms with Crippen LogP contribution in [0.1, 0.15) is 26.3 Å². The fraction of sp³-hybridized carbons (Fsp3) is 0.385. The van der Waals surface area contributed by atoms with E-state index in [-0.39, 0.29) is 0 Å². The van der Waals surface area contributed by atoms with Crippen LogP contribution in [0.15, 0.2) is 27.8 Å². The first-order chi connectivity index (χ1) is 8.81. The Hall–Kier alpha value is -1.56. The maximum Gasteiger partial charge on any atom is 0.428 e. The van der Waals surface area contributed by atoms with Gasteiger partial charge >= 0.3 is 6.09 Å². The molecule has 0 aromatic heterocycles. The van der Waals surface area contributed by atoms with Gasteiger partial charge in [-0.3, -0.25) is 0 Å². The lowest BCUT2D eigenvalue weighted by molar-refractivity contribution is 0.0529. The van der Waals surface area contributed by atoms with Gasteiger partial charge in [-0.2, -0.15) is 5.10 Å². The lowest BCUT2D eigenvalue weighted by atomic mass is 10.2. The number of nitrogens with one attached hydrogen (secondary N) is 1. The molecule has 19 heavy (non-hydrogen) atoms. The molecule has 1 N–H and O–H groups in total. The van der Waals surface area contributed by atoms with Crippen LogP contribution in [0.25, 0.3) is 0 Å². The molecule has 0 aliphatic heterocycles. The molecule has 1 amide bonds. The van der Waals surface area contributed by atoms with Gasteiger partial charge in [0.15, 0.2) is 0 Å². The minimum atomic E-state index is -0.587. The lowest BCUT2D eigenvalue weighted by Crippen LogP contribution is -2.29. The van der Waals surface area contributed by atoms with E-state index in [2.05, 4.69) is 26.5 Å². The molecule has 0 bridgehead atoms. The number of ether oxygens (including phenoxy) is 2. The molecule has 0 unspecified atom stereocenters. The molecular formula is C13H17BrN2O3. The number of carbonyl (C=O) groups excluding carboxylic acids is 1. The van der Waals surface area contributed by atoms with Crippen molar-refractivity contribution < 1.29 is 14.3 Å². The van der Waals surface area contributed by atoms with Gasteiger partial charge in [0.25, 0.3) is 0 Å². The number of carbonyl (C=O) groups is 1. The number of hydrogen-bond acceptors (Lipinski definition) is 4. The summed E-state index contributed by atoms with van der Waals surface area (Å²) in [5, 5.41) is 3.81. The molecule has 0 aliphatic rings. The van der Waals surface area contributed by atoms with Gasteiger partial charge in [0, 0.05) is 0 Å². The second kappa shape index (κ2) is 6.56. The van der Waals surface area contributed by atoms with E-state index in [4.69, 9.17) is 9.47 Å². The summed E-state index contributed by atoms with van der Waals surface area (Å²) in [6.45, 7) is 5.37. The van der Waals surface area contributed by atoms with Gasteiger partial charge in [0.05, 0.1) is 17.8 Å². The fourth-order valence-electron chi connectivity index (χ4n) is 1.22. The van der Waals surface area contributed by atoms with Crippen LogP contribution in [-0.2, 0) is 4.74 Å². The van der Waals surface area contributed by atoms with E-state index in [0.717, 1.165) is 15.8 Å². The van der Waals surface area contributed by atoms with Gasteiger partial charge in [-0.05, 0) is 60.5 Å². The monoisotopic (exact) mass is 328 g/mol. The highest BCUT2D eigenvalue weighted by atomic mass is 79.9. The minimum Gasteiger partial charge on any atom is -0.496 e. The highest BCUT2D eigenvalue weighted by molar-refractivity contribution is 9.10. The Morgan fingerprint density at radius 3 is 2.63 bits per heavy atom. The van der Waals surface area contributed by atoms with Crippen molar-refractivity contribution in [1.29, 1.82) is 0 Å². The zero-order chi connectivity index (χ0) is 14.5. The largest absolute Gasteiger partial charge is 0.496 e. The molecule has 0 saturated heterocycles. The molecule has 0 heterocycles. The van der Waals surface area contributed by atoms with Crippen molar-refractivity contribution >= 4 is 28.2 Å². The number of hydrogen-bond donors (Lipinski definition) is 1. The van der Waals surface area contributed by atoms with Crippen molar-refractivity contribution in [2.24, 2.45) is 5.10 Å². The average Bonchev–Trinajstić information content (AvgIpc) is 2.26. The molecule has 0 spiro atoms. The summed E-state index contributed by atoms with van der Waals surface area (Å²) in [4.78, 5) is 11.3. The average molecular weight is 329 g/mol. The molecule has 1 aromatic rings. The van der Waals surface area contributed by atoms with Crippen molar-refractivity contribution in [3.05, 3.63) is 28.2 Å². The van der Waals surface area contributed by atoms with Gasteiger partial charge in [-0.25, -0.2) is 10.2 Å². The Balaban J connectivity index is 2.58. The first-order valence-corrected chi connectivity index (χ1v) is 6.47. The van der Waals surface area contributed by atoms with E-state index in [1.807, 2.05) is 12.1 Å². The summed E-state index contributed by atoms with van der Waals surface area (Å²) < 4.78 is 11.0. The topological polar surface area (TPSA) is 59.9 Å². The van der Waals surface area contributed by atoms with E-state index >= 15 is 0 Å². The van der Waals surface area contributed by atoms with Crippen LogP contribution < -0.4 is 10.2 Å². The van der Waals surface area contributed by atoms with E-state index in [0.29, 0.717) is 0 Å². The third kappa shape index (κ3) is 5.74. The first kappa shape index (κ1) is 15.5. The molecule has 0 atom stereocenters. The quantitative estimate of drug-likeness (QED) is 0.684. The number of hydrazone groups is 1. The van der Waals surface area contributed by atoms with Crippen molar-refractivity contribution in [3.63, 3.8) is 0 Å². The number of methoxy groups -OCH3 is 1. The number of amides is 1. The van der Waals surface area contributed by atoms with Crippen LogP contribution in [0, 0.1) is 0 Å². The summed E-state index contributed by atoms with van der Waals surface area (Å²) >= 11 is 3.37. The van der Waals surface area contributed by atoms with Crippen molar-refractivity contribution in [2.45, 2.75) is 26.4 Å². The molecule has 5 nitrogen and oxygen atoms in total. The van der Waals surface area contributed by atoms with Crippen LogP contribution >= 0.6 is 15.9 Å². The van der Waals surface area contributed by atoms with Crippen LogP contribution in [-0.4, -0.2) is 25.0 Å². The molecule has 1 aromatic carbocycles.